The second kappa shape index (κ2) is 8.44. The summed E-state index contributed by atoms with van der Waals surface area (Å²) in [7, 11) is 1.29. The smallest absolute Gasteiger partial charge is 0.338 e. The minimum absolute atomic E-state index is 0.129. The van der Waals surface area contributed by atoms with Gasteiger partial charge in [-0.05, 0) is 34.7 Å². The normalized spacial score (nSPS) is 16.7. The van der Waals surface area contributed by atoms with Crippen molar-refractivity contribution in [1.29, 1.82) is 5.26 Å². The van der Waals surface area contributed by atoms with Crippen molar-refractivity contribution < 1.29 is 19.1 Å². The summed E-state index contributed by atoms with van der Waals surface area (Å²) in [6.45, 7) is 7.75. The van der Waals surface area contributed by atoms with Crippen LogP contribution in [-0.2, 0) is 19.1 Å². The molecule has 2 heterocycles. The molecule has 1 aliphatic heterocycles. The van der Waals surface area contributed by atoms with E-state index in [2.05, 4.69) is 11.4 Å². The van der Waals surface area contributed by atoms with Gasteiger partial charge in [-0.3, -0.25) is 0 Å². The van der Waals surface area contributed by atoms with Gasteiger partial charge >= 0.3 is 11.9 Å². The highest BCUT2D eigenvalue weighted by Crippen LogP contribution is 2.43. The molecule has 0 bridgehead atoms. The molecule has 0 spiro atoms. The molecule has 8 heteroatoms. The number of esters is 2. The van der Waals surface area contributed by atoms with Crippen LogP contribution in [0.2, 0.25) is 0 Å². The van der Waals surface area contributed by atoms with Crippen molar-refractivity contribution in [3.63, 3.8) is 0 Å². The summed E-state index contributed by atoms with van der Waals surface area (Å²) in [5.41, 5.74) is 8.15. The summed E-state index contributed by atoms with van der Waals surface area (Å²) < 4.78 is 11.4. The van der Waals surface area contributed by atoms with Gasteiger partial charge in [-0.25, -0.2) is 9.59 Å². The number of fused-ring (bicyclic) bond motifs is 1. The van der Waals surface area contributed by atoms with Gasteiger partial charge in [-0.15, -0.1) is 11.3 Å². The number of nitrogens with one attached hydrogen (secondary N) is 1. The topological polar surface area (TPSA) is 114 Å². The molecule has 162 valence electrons. The number of carbonyl (C=O) groups excluding carboxylic acids is 2. The summed E-state index contributed by atoms with van der Waals surface area (Å²) in [6.07, 6.45) is 0. The Morgan fingerprint density at radius 2 is 1.97 bits per heavy atom. The molecule has 0 amide bonds. The fourth-order valence-electron chi connectivity index (χ4n) is 3.52. The number of benzene rings is 1. The Hall–Kier alpha value is -3.31. The number of nitrogens with zero attached hydrogens (tertiary/aromatic N) is 1. The Balaban J connectivity index is 2.21. The largest absolute Gasteiger partial charge is 0.466 e. The minimum atomic E-state index is -0.788. The van der Waals surface area contributed by atoms with Crippen LogP contribution in [0.3, 0.4) is 0 Å². The van der Waals surface area contributed by atoms with Crippen LogP contribution in [0.1, 0.15) is 44.7 Å². The molecule has 1 unspecified atom stereocenters. The Bertz CT molecular complexity index is 1160. The molecule has 2 aromatic rings. The van der Waals surface area contributed by atoms with Crippen molar-refractivity contribution in [3.05, 3.63) is 57.4 Å². The lowest BCUT2D eigenvalue weighted by Gasteiger charge is -2.30. The lowest BCUT2D eigenvalue weighted by Crippen LogP contribution is -2.36. The first-order chi connectivity index (χ1) is 14.6. The number of ether oxygens (including phenoxy) is 2. The summed E-state index contributed by atoms with van der Waals surface area (Å²) in [5, 5.41) is 15.0. The maximum Gasteiger partial charge on any atom is 0.338 e. The number of rotatable bonds is 4. The van der Waals surface area contributed by atoms with Gasteiger partial charge in [0.2, 0.25) is 0 Å². The third kappa shape index (κ3) is 4.28. The van der Waals surface area contributed by atoms with Crippen LogP contribution >= 0.6 is 11.3 Å². The van der Waals surface area contributed by atoms with Gasteiger partial charge in [0.15, 0.2) is 0 Å². The third-order valence-corrected chi connectivity index (χ3v) is 5.96. The zero-order valence-corrected chi connectivity index (χ0v) is 19.0. The zero-order chi connectivity index (χ0) is 22.9. The average Bonchev–Trinajstić information content (AvgIpc) is 3.14. The van der Waals surface area contributed by atoms with E-state index < -0.39 is 17.9 Å². The molecule has 1 aromatic heterocycles. The molecule has 31 heavy (non-hydrogen) atoms. The predicted octanol–water partition coefficient (Wildman–Crippen LogP) is 3.67. The van der Waals surface area contributed by atoms with Crippen molar-refractivity contribution in [3.8, 4) is 6.07 Å². The molecule has 0 saturated heterocycles. The van der Waals surface area contributed by atoms with Crippen molar-refractivity contribution in [2.45, 2.75) is 33.6 Å². The van der Waals surface area contributed by atoms with Gasteiger partial charge in [0.05, 0.1) is 41.0 Å². The highest BCUT2D eigenvalue weighted by molar-refractivity contribution is 7.17. The molecule has 0 aliphatic carbocycles. The van der Waals surface area contributed by atoms with Gasteiger partial charge in [-0.1, -0.05) is 32.9 Å². The van der Waals surface area contributed by atoms with E-state index in [-0.39, 0.29) is 29.0 Å². The number of nitriles is 1. The Morgan fingerprint density at radius 3 is 2.58 bits per heavy atom. The van der Waals surface area contributed by atoms with Crippen LogP contribution < -0.4 is 11.1 Å². The fraction of sp³-hybridized carbons (Fsp3) is 0.348. The molecule has 7 nitrogen and oxygen atoms in total. The van der Waals surface area contributed by atoms with Crippen LogP contribution in [0.15, 0.2) is 46.2 Å². The van der Waals surface area contributed by atoms with Gasteiger partial charge in [0.1, 0.15) is 11.9 Å². The highest BCUT2D eigenvalue weighted by Gasteiger charge is 2.40. The SMILES string of the molecule is COC(=O)C1=C(C)NC(N)=C(C(=O)OCC(C)(C)C)C1c1csc2c(C#N)cccc12. The van der Waals surface area contributed by atoms with E-state index in [1.165, 1.54) is 18.4 Å². The molecule has 0 fully saturated rings. The zero-order valence-electron chi connectivity index (χ0n) is 18.2. The van der Waals surface area contributed by atoms with E-state index in [0.29, 0.717) is 16.8 Å². The average molecular weight is 440 g/mol. The minimum Gasteiger partial charge on any atom is -0.466 e. The molecular weight excluding hydrogens is 414 g/mol. The van der Waals surface area contributed by atoms with Gasteiger partial charge in [-0.2, -0.15) is 5.26 Å². The summed E-state index contributed by atoms with van der Waals surface area (Å²) >= 11 is 1.38. The van der Waals surface area contributed by atoms with Gasteiger partial charge in [0, 0.05) is 5.70 Å². The second-order valence-electron chi connectivity index (χ2n) is 8.54. The first kappa shape index (κ1) is 22.4. The lowest BCUT2D eigenvalue weighted by molar-refractivity contribution is -0.142. The predicted molar refractivity (Wildman–Crippen MR) is 119 cm³/mol. The molecule has 3 N–H and O–H groups in total. The molecule has 3 rings (SSSR count). The van der Waals surface area contributed by atoms with Crippen LogP contribution in [0.5, 0.6) is 0 Å². The Morgan fingerprint density at radius 1 is 1.26 bits per heavy atom. The van der Waals surface area contributed by atoms with Crippen LogP contribution in [0.4, 0.5) is 0 Å². The maximum absolute atomic E-state index is 13.2. The maximum atomic E-state index is 13.2. The van der Waals surface area contributed by atoms with Crippen LogP contribution in [0, 0.1) is 16.7 Å². The quantitative estimate of drug-likeness (QED) is 0.699. The monoisotopic (exact) mass is 439 g/mol. The van der Waals surface area contributed by atoms with E-state index >= 15 is 0 Å². The first-order valence-corrected chi connectivity index (χ1v) is 10.6. The first-order valence-electron chi connectivity index (χ1n) is 9.72. The summed E-state index contributed by atoms with van der Waals surface area (Å²) in [5.74, 6) is -1.83. The van der Waals surface area contributed by atoms with Gasteiger partial charge in [0.25, 0.3) is 0 Å². The highest BCUT2D eigenvalue weighted by atomic mass is 32.1. The summed E-state index contributed by atoms with van der Waals surface area (Å²) in [4.78, 5) is 25.9. The van der Waals surface area contributed by atoms with Crippen molar-refractivity contribution >= 4 is 33.4 Å². The third-order valence-electron chi connectivity index (χ3n) is 4.92. The van der Waals surface area contributed by atoms with E-state index in [0.717, 1.165) is 10.1 Å². The van der Waals surface area contributed by atoms with E-state index in [1.54, 1.807) is 19.1 Å². The second-order valence-corrected chi connectivity index (χ2v) is 9.42. The number of nitrogens with two attached hydrogens (primary N) is 1. The Kier molecular flexibility index (Phi) is 6.09. The molecule has 1 aromatic carbocycles. The van der Waals surface area contributed by atoms with E-state index in [1.807, 2.05) is 32.2 Å². The number of allylic oxidation sites excluding steroid dienone is 1. The number of hydrogen-bond acceptors (Lipinski definition) is 8. The number of carbonyl (C=O) groups is 2. The van der Waals surface area contributed by atoms with E-state index in [4.69, 9.17) is 15.2 Å². The van der Waals surface area contributed by atoms with Crippen molar-refractivity contribution in [2.24, 2.45) is 11.1 Å². The molecule has 0 saturated carbocycles. The number of dihydropyridines is 1. The number of thiophene rings is 1. The molecule has 1 aliphatic rings. The standard InChI is InChI=1S/C23H25N3O4S/c1-12-16(21(27)29-5)17(15-10-31-19-13(9-24)7-6-8-14(15)19)18(20(25)26-12)22(28)30-11-23(2,3)4/h6-8,10,17,26H,11,25H2,1-5H3. The molecule has 1 atom stereocenters. The molecular formula is C23H25N3O4S. The molecule has 0 radical (unpaired) electrons. The van der Waals surface area contributed by atoms with Gasteiger partial charge < -0.3 is 20.5 Å². The van der Waals surface area contributed by atoms with Crippen LogP contribution in [-0.4, -0.2) is 25.7 Å². The van der Waals surface area contributed by atoms with Crippen molar-refractivity contribution in [1.82, 2.24) is 5.32 Å². The number of hydrogen-bond donors (Lipinski definition) is 2. The lowest BCUT2D eigenvalue weighted by atomic mass is 9.81. The Labute approximate surface area is 185 Å². The number of methoxy groups -OCH3 is 1. The summed E-state index contributed by atoms with van der Waals surface area (Å²) in [6, 6.07) is 7.56. The fourth-order valence-corrected chi connectivity index (χ4v) is 4.58. The van der Waals surface area contributed by atoms with E-state index in [9.17, 15) is 14.9 Å². The van der Waals surface area contributed by atoms with Crippen LogP contribution in [0.25, 0.3) is 10.1 Å². The van der Waals surface area contributed by atoms with Crippen molar-refractivity contribution in [2.75, 3.05) is 13.7 Å².